The lowest BCUT2D eigenvalue weighted by atomic mass is 10.2. The van der Waals surface area contributed by atoms with Gasteiger partial charge in [0.2, 0.25) is 10.0 Å². The van der Waals surface area contributed by atoms with Crippen molar-refractivity contribution in [1.82, 2.24) is 9.29 Å². The van der Waals surface area contributed by atoms with Gasteiger partial charge in [-0.05, 0) is 29.1 Å². The van der Waals surface area contributed by atoms with E-state index in [1.807, 2.05) is 0 Å². The number of hydrogen-bond donors (Lipinski definition) is 1. The Labute approximate surface area is 124 Å². The highest BCUT2D eigenvalue weighted by molar-refractivity contribution is 7.91. The largest absolute Gasteiger partial charge is 0.419 e. The van der Waals surface area contributed by atoms with E-state index >= 15 is 0 Å². The first-order chi connectivity index (χ1) is 9.97. The van der Waals surface area contributed by atoms with Gasteiger partial charge in [-0.3, -0.25) is 4.57 Å². The molecule has 0 unspecified atom stereocenters. The SMILES string of the molecule is Cn1c(=O)oc2ccc(CNS(=O)(=O)c3cccs3)cc21. The predicted octanol–water partition coefficient (Wildman–Crippen LogP) is 1.67. The van der Waals surface area contributed by atoms with Crippen LogP contribution in [0.5, 0.6) is 0 Å². The quantitative estimate of drug-likeness (QED) is 0.791. The van der Waals surface area contributed by atoms with Crippen LogP contribution in [-0.4, -0.2) is 13.0 Å². The number of fused-ring (bicyclic) bond motifs is 1. The summed E-state index contributed by atoms with van der Waals surface area (Å²) in [5.41, 5.74) is 1.86. The Bertz CT molecular complexity index is 936. The minimum absolute atomic E-state index is 0.148. The van der Waals surface area contributed by atoms with E-state index in [9.17, 15) is 13.2 Å². The summed E-state index contributed by atoms with van der Waals surface area (Å²) in [5.74, 6) is -0.443. The second-order valence-corrected chi connectivity index (χ2v) is 7.43. The van der Waals surface area contributed by atoms with E-state index in [0.29, 0.717) is 11.1 Å². The Kier molecular flexibility index (Phi) is 3.44. The number of oxazole rings is 1. The molecule has 6 nitrogen and oxygen atoms in total. The van der Waals surface area contributed by atoms with Crippen molar-refractivity contribution in [3.05, 3.63) is 51.8 Å². The van der Waals surface area contributed by atoms with Crippen LogP contribution in [0, 0.1) is 0 Å². The predicted molar refractivity (Wildman–Crippen MR) is 79.8 cm³/mol. The number of hydrogen-bond acceptors (Lipinski definition) is 5. The molecule has 0 fully saturated rings. The standard InChI is InChI=1S/C13H12N2O4S2/c1-15-10-7-9(4-5-11(10)19-13(15)16)8-14-21(17,18)12-3-2-6-20-12/h2-7,14H,8H2,1H3. The van der Waals surface area contributed by atoms with Gasteiger partial charge in [0.25, 0.3) is 0 Å². The Balaban J connectivity index is 1.86. The summed E-state index contributed by atoms with van der Waals surface area (Å²) in [6.07, 6.45) is 0. The van der Waals surface area contributed by atoms with Crippen LogP contribution in [0.15, 0.2) is 49.1 Å². The van der Waals surface area contributed by atoms with Crippen LogP contribution in [-0.2, 0) is 23.6 Å². The zero-order valence-electron chi connectivity index (χ0n) is 11.1. The summed E-state index contributed by atoms with van der Waals surface area (Å²) in [4.78, 5) is 11.4. The van der Waals surface area contributed by atoms with Crippen LogP contribution in [0.1, 0.15) is 5.56 Å². The third-order valence-electron chi connectivity index (χ3n) is 3.08. The van der Waals surface area contributed by atoms with Crippen molar-refractivity contribution < 1.29 is 12.8 Å². The lowest BCUT2D eigenvalue weighted by Gasteiger charge is -2.05. The molecule has 0 spiro atoms. The molecule has 0 aliphatic heterocycles. The van der Waals surface area contributed by atoms with Gasteiger partial charge in [0, 0.05) is 13.6 Å². The molecule has 0 aliphatic carbocycles. The maximum atomic E-state index is 12.0. The fourth-order valence-corrected chi connectivity index (χ4v) is 4.00. The summed E-state index contributed by atoms with van der Waals surface area (Å²) < 4.78 is 33.3. The molecule has 1 N–H and O–H groups in total. The van der Waals surface area contributed by atoms with E-state index in [2.05, 4.69) is 4.72 Å². The molecule has 0 saturated carbocycles. The van der Waals surface area contributed by atoms with Crippen molar-refractivity contribution in [3.63, 3.8) is 0 Å². The number of aromatic nitrogens is 1. The summed E-state index contributed by atoms with van der Waals surface area (Å²) >= 11 is 1.16. The molecule has 0 aliphatic rings. The smallest absolute Gasteiger partial charge is 0.408 e. The summed E-state index contributed by atoms with van der Waals surface area (Å²) in [6, 6.07) is 8.35. The Morgan fingerprint density at radius 1 is 1.33 bits per heavy atom. The summed E-state index contributed by atoms with van der Waals surface area (Å²) in [7, 11) is -1.89. The molecular formula is C13H12N2O4S2. The van der Waals surface area contributed by atoms with Crippen LogP contribution in [0.4, 0.5) is 0 Å². The lowest BCUT2D eigenvalue weighted by molar-refractivity contribution is 0.528. The van der Waals surface area contributed by atoms with Crippen molar-refractivity contribution >= 4 is 32.5 Å². The highest BCUT2D eigenvalue weighted by Crippen LogP contribution is 2.17. The minimum atomic E-state index is -3.50. The highest BCUT2D eigenvalue weighted by atomic mass is 32.2. The molecule has 21 heavy (non-hydrogen) atoms. The van der Waals surface area contributed by atoms with Gasteiger partial charge < -0.3 is 4.42 Å². The molecule has 2 heterocycles. The van der Waals surface area contributed by atoms with Gasteiger partial charge in [0.1, 0.15) is 4.21 Å². The van der Waals surface area contributed by atoms with Crippen molar-refractivity contribution in [2.45, 2.75) is 10.8 Å². The van der Waals surface area contributed by atoms with E-state index in [-0.39, 0.29) is 10.8 Å². The van der Waals surface area contributed by atoms with Crippen LogP contribution < -0.4 is 10.5 Å². The number of sulfonamides is 1. The van der Waals surface area contributed by atoms with Gasteiger partial charge in [-0.1, -0.05) is 12.1 Å². The van der Waals surface area contributed by atoms with Gasteiger partial charge in [-0.15, -0.1) is 11.3 Å². The average molecular weight is 324 g/mol. The summed E-state index contributed by atoms with van der Waals surface area (Å²) in [5, 5.41) is 1.71. The minimum Gasteiger partial charge on any atom is -0.408 e. The third-order valence-corrected chi connectivity index (χ3v) is 5.88. The van der Waals surface area contributed by atoms with Gasteiger partial charge in [0.05, 0.1) is 5.52 Å². The van der Waals surface area contributed by atoms with Gasteiger partial charge in [-0.25, -0.2) is 17.9 Å². The first kappa shape index (κ1) is 14.1. The molecule has 1 aromatic carbocycles. The van der Waals surface area contributed by atoms with E-state index in [0.717, 1.165) is 16.9 Å². The number of aryl methyl sites for hydroxylation is 1. The molecule has 0 saturated heterocycles. The second kappa shape index (κ2) is 5.14. The zero-order chi connectivity index (χ0) is 15.0. The van der Waals surface area contributed by atoms with Crippen LogP contribution in [0.2, 0.25) is 0 Å². The molecule has 0 atom stereocenters. The Hall–Kier alpha value is -1.90. The van der Waals surface area contributed by atoms with Gasteiger partial charge >= 0.3 is 5.76 Å². The Morgan fingerprint density at radius 2 is 2.14 bits per heavy atom. The monoisotopic (exact) mass is 324 g/mol. The second-order valence-electron chi connectivity index (χ2n) is 4.49. The van der Waals surface area contributed by atoms with Gasteiger partial charge in [0.15, 0.2) is 5.58 Å². The average Bonchev–Trinajstić information content (AvgIpc) is 3.08. The Morgan fingerprint density at radius 3 is 2.86 bits per heavy atom. The molecule has 2 aromatic heterocycles. The number of benzene rings is 1. The maximum Gasteiger partial charge on any atom is 0.419 e. The molecule has 0 radical (unpaired) electrons. The molecule has 0 bridgehead atoms. The fourth-order valence-electron chi connectivity index (χ4n) is 1.95. The van der Waals surface area contributed by atoms with Crippen molar-refractivity contribution in [2.24, 2.45) is 7.05 Å². The molecule has 8 heteroatoms. The normalized spacial score (nSPS) is 12.0. The van der Waals surface area contributed by atoms with Crippen LogP contribution >= 0.6 is 11.3 Å². The highest BCUT2D eigenvalue weighted by Gasteiger charge is 2.15. The lowest BCUT2D eigenvalue weighted by Crippen LogP contribution is -2.22. The molecule has 110 valence electrons. The molecular weight excluding hydrogens is 312 g/mol. The zero-order valence-corrected chi connectivity index (χ0v) is 12.7. The van der Waals surface area contributed by atoms with E-state index in [1.165, 1.54) is 4.57 Å². The van der Waals surface area contributed by atoms with Crippen LogP contribution in [0.25, 0.3) is 11.1 Å². The first-order valence-electron chi connectivity index (χ1n) is 6.09. The number of thiophene rings is 1. The van der Waals surface area contributed by atoms with Crippen molar-refractivity contribution in [3.8, 4) is 0 Å². The first-order valence-corrected chi connectivity index (χ1v) is 8.45. The summed E-state index contributed by atoms with van der Waals surface area (Å²) in [6.45, 7) is 0.148. The van der Waals surface area contributed by atoms with Crippen molar-refractivity contribution in [1.29, 1.82) is 0 Å². The van der Waals surface area contributed by atoms with E-state index in [1.54, 1.807) is 42.8 Å². The molecule has 0 amide bonds. The molecule has 3 rings (SSSR count). The maximum absolute atomic E-state index is 12.0. The van der Waals surface area contributed by atoms with Gasteiger partial charge in [-0.2, -0.15) is 0 Å². The van der Waals surface area contributed by atoms with E-state index < -0.39 is 15.8 Å². The van der Waals surface area contributed by atoms with Crippen LogP contribution in [0.3, 0.4) is 0 Å². The molecule has 3 aromatic rings. The number of nitrogens with one attached hydrogen (secondary N) is 1. The van der Waals surface area contributed by atoms with E-state index in [4.69, 9.17) is 4.42 Å². The van der Waals surface area contributed by atoms with Crippen molar-refractivity contribution in [2.75, 3.05) is 0 Å². The number of rotatable bonds is 4. The fraction of sp³-hybridized carbons (Fsp3) is 0.154. The third kappa shape index (κ3) is 2.65. The topological polar surface area (TPSA) is 81.3 Å². The number of nitrogens with zero attached hydrogens (tertiary/aromatic N) is 1.